The molecule has 1 saturated heterocycles. The molecule has 0 aromatic heterocycles. The van der Waals surface area contributed by atoms with Crippen LogP contribution in [0.15, 0.2) is 18.2 Å². The van der Waals surface area contributed by atoms with Gasteiger partial charge in [0.2, 0.25) is 0 Å². The first-order chi connectivity index (χ1) is 11.4. The van der Waals surface area contributed by atoms with Crippen LogP contribution in [0, 0.1) is 16.0 Å². The summed E-state index contributed by atoms with van der Waals surface area (Å²) in [6, 6.07) is 3.76. The van der Waals surface area contributed by atoms with Gasteiger partial charge in [0.25, 0.3) is 5.91 Å². The summed E-state index contributed by atoms with van der Waals surface area (Å²) in [6.07, 6.45) is 1.87. The van der Waals surface area contributed by atoms with E-state index in [0.717, 1.165) is 18.9 Å². The minimum atomic E-state index is -0.778. The van der Waals surface area contributed by atoms with Crippen LogP contribution in [0.1, 0.15) is 30.1 Å². The molecular formula is C16H20N2O6. The summed E-state index contributed by atoms with van der Waals surface area (Å²) in [5.74, 6) is -0.385. The summed E-state index contributed by atoms with van der Waals surface area (Å²) >= 11 is 0. The van der Waals surface area contributed by atoms with Crippen molar-refractivity contribution < 1.29 is 24.0 Å². The maximum absolute atomic E-state index is 12.0. The SMILES string of the molecule is COc1ccc(C(=O)OCC(=O)N2CCC(C)CC2)cc1[N+](=O)[O-]. The summed E-state index contributed by atoms with van der Waals surface area (Å²) in [5.41, 5.74) is -0.328. The Bertz CT molecular complexity index is 637. The lowest BCUT2D eigenvalue weighted by atomic mass is 9.99. The molecular weight excluding hydrogens is 316 g/mol. The molecule has 1 amide bonds. The predicted molar refractivity (Wildman–Crippen MR) is 84.9 cm³/mol. The van der Waals surface area contributed by atoms with E-state index in [1.54, 1.807) is 4.90 Å². The van der Waals surface area contributed by atoms with Crippen LogP contribution in [-0.4, -0.2) is 48.5 Å². The minimum absolute atomic E-state index is 0.00238. The molecule has 8 nitrogen and oxygen atoms in total. The van der Waals surface area contributed by atoms with Crippen molar-refractivity contribution in [1.82, 2.24) is 4.90 Å². The van der Waals surface area contributed by atoms with E-state index in [1.807, 2.05) is 0 Å². The molecule has 130 valence electrons. The van der Waals surface area contributed by atoms with Gasteiger partial charge in [-0.05, 0) is 30.9 Å². The number of hydrogen-bond acceptors (Lipinski definition) is 6. The zero-order chi connectivity index (χ0) is 17.7. The highest BCUT2D eigenvalue weighted by Crippen LogP contribution is 2.27. The van der Waals surface area contributed by atoms with Crippen LogP contribution in [0.5, 0.6) is 5.75 Å². The molecule has 0 radical (unpaired) electrons. The van der Waals surface area contributed by atoms with Gasteiger partial charge in [0, 0.05) is 19.2 Å². The van der Waals surface area contributed by atoms with Crippen LogP contribution in [0.2, 0.25) is 0 Å². The number of likely N-dealkylation sites (tertiary alicyclic amines) is 1. The summed E-state index contributed by atoms with van der Waals surface area (Å²) in [6.45, 7) is 3.09. The maximum Gasteiger partial charge on any atom is 0.338 e. The second-order valence-electron chi connectivity index (χ2n) is 5.78. The van der Waals surface area contributed by atoms with Gasteiger partial charge >= 0.3 is 11.7 Å². The molecule has 0 saturated carbocycles. The molecule has 1 heterocycles. The summed E-state index contributed by atoms with van der Waals surface area (Å²) < 4.78 is 9.86. The quantitative estimate of drug-likeness (QED) is 0.463. The van der Waals surface area contributed by atoms with Gasteiger partial charge in [0.05, 0.1) is 17.6 Å². The molecule has 0 bridgehead atoms. The number of hydrogen-bond donors (Lipinski definition) is 0. The normalized spacial score (nSPS) is 15.0. The van der Waals surface area contributed by atoms with Gasteiger partial charge in [-0.1, -0.05) is 6.92 Å². The standard InChI is InChI=1S/C16H20N2O6/c1-11-5-7-17(8-6-11)15(19)10-24-16(20)12-3-4-14(23-2)13(9-12)18(21)22/h3-4,9,11H,5-8,10H2,1-2H3. The van der Waals surface area contributed by atoms with Gasteiger partial charge in [-0.3, -0.25) is 14.9 Å². The fraction of sp³-hybridized carbons (Fsp3) is 0.500. The van der Waals surface area contributed by atoms with E-state index in [9.17, 15) is 19.7 Å². The average molecular weight is 336 g/mol. The Balaban J connectivity index is 1.96. The van der Waals surface area contributed by atoms with Crippen molar-refractivity contribution in [3.05, 3.63) is 33.9 Å². The van der Waals surface area contributed by atoms with E-state index in [-0.39, 0.29) is 29.5 Å². The van der Waals surface area contributed by atoms with Crippen molar-refractivity contribution in [2.75, 3.05) is 26.8 Å². The van der Waals surface area contributed by atoms with E-state index in [2.05, 4.69) is 6.92 Å². The number of rotatable bonds is 5. The lowest BCUT2D eigenvalue weighted by molar-refractivity contribution is -0.385. The molecule has 0 unspecified atom stereocenters. The molecule has 0 spiro atoms. The van der Waals surface area contributed by atoms with E-state index < -0.39 is 10.9 Å². The smallest absolute Gasteiger partial charge is 0.338 e. The molecule has 24 heavy (non-hydrogen) atoms. The lowest BCUT2D eigenvalue weighted by Gasteiger charge is -2.30. The third kappa shape index (κ3) is 4.21. The van der Waals surface area contributed by atoms with Gasteiger partial charge in [-0.15, -0.1) is 0 Å². The third-order valence-electron chi connectivity index (χ3n) is 4.07. The van der Waals surface area contributed by atoms with E-state index >= 15 is 0 Å². The number of ether oxygens (including phenoxy) is 2. The monoisotopic (exact) mass is 336 g/mol. The zero-order valence-electron chi connectivity index (χ0n) is 13.7. The van der Waals surface area contributed by atoms with Gasteiger partial charge in [0.1, 0.15) is 0 Å². The number of nitro groups is 1. The number of carbonyl (C=O) groups is 2. The molecule has 0 atom stereocenters. The van der Waals surface area contributed by atoms with Crippen molar-refractivity contribution in [3.63, 3.8) is 0 Å². The third-order valence-corrected chi connectivity index (χ3v) is 4.07. The Hall–Kier alpha value is -2.64. The van der Waals surface area contributed by atoms with Crippen molar-refractivity contribution >= 4 is 17.6 Å². The van der Waals surface area contributed by atoms with Crippen molar-refractivity contribution in [2.45, 2.75) is 19.8 Å². The van der Waals surface area contributed by atoms with Crippen molar-refractivity contribution in [2.24, 2.45) is 5.92 Å². The lowest BCUT2D eigenvalue weighted by Crippen LogP contribution is -2.40. The van der Waals surface area contributed by atoms with Gasteiger partial charge in [0.15, 0.2) is 12.4 Å². The van der Waals surface area contributed by atoms with Crippen molar-refractivity contribution in [3.8, 4) is 5.75 Å². The first-order valence-electron chi connectivity index (χ1n) is 7.69. The number of esters is 1. The Kier molecular flexibility index (Phi) is 5.73. The predicted octanol–water partition coefficient (Wildman–Crippen LogP) is 2.02. The van der Waals surface area contributed by atoms with Crippen LogP contribution in [-0.2, 0) is 9.53 Å². The Labute approximate surface area is 139 Å². The van der Waals surface area contributed by atoms with Gasteiger partial charge in [-0.2, -0.15) is 0 Å². The molecule has 0 N–H and O–H groups in total. The van der Waals surface area contributed by atoms with E-state index in [4.69, 9.17) is 9.47 Å². The Morgan fingerprint density at radius 3 is 2.58 bits per heavy atom. The number of methoxy groups -OCH3 is 1. The maximum atomic E-state index is 12.0. The molecule has 1 aromatic carbocycles. The fourth-order valence-corrected chi connectivity index (χ4v) is 2.52. The summed E-state index contributed by atoms with van der Waals surface area (Å²) in [5, 5.41) is 11.0. The minimum Gasteiger partial charge on any atom is -0.490 e. The summed E-state index contributed by atoms with van der Waals surface area (Å²) in [7, 11) is 1.30. The molecule has 0 aliphatic carbocycles. The zero-order valence-corrected chi connectivity index (χ0v) is 13.7. The number of carbonyl (C=O) groups excluding carboxylic acids is 2. The van der Waals surface area contributed by atoms with Crippen LogP contribution in [0.4, 0.5) is 5.69 Å². The molecule has 1 aromatic rings. The van der Waals surface area contributed by atoms with Crippen LogP contribution >= 0.6 is 0 Å². The van der Waals surface area contributed by atoms with Gasteiger partial charge < -0.3 is 14.4 Å². The Morgan fingerprint density at radius 1 is 1.33 bits per heavy atom. The van der Waals surface area contributed by atoms with Crippen LogP contribution in [0.3, 0.4) is 0 Å². The Morgan fingerprint density at radius 2 is 2.00 bits per heavy atom. The van der Waals surface area contributed by atoms with E-state index in [1.165, 1.54) is 19.2 Å². The molecule has 1 fully saturated rings. The first-order valence-corrected chi connectivity index (χ1v) is 7.69. The van der Waals surface area contributed by atoms with Gasteiger partial charge in [-0.25, -0.2) is 4.79 Å². The molecule has 2 rings (SSSR count). The molecule has 1 aliphatic rings. The van der Waals surface area contributed by atoms with E-state index in [0.29, 0.717) is 19.0 Å². The van der Waals surface area contributed by atoms with Crippen molar-refractivity contribution in [1.29, 1.82) is 0 Å². The molecule has 1 aliphatic heterocycles. The average Bonchev–Trinajstić information content (AvgIpc) is 2.59. The largest absolute Gasteiger partial charge is 0.490 e. The second kappa shape index (κ2) is 7.76. The summed E-state index contributed by atoms with van der Waals surface area (Å²) in [4.78, 5) is 36.0. The van der Waals surface area contributed by atoms with Crippen LogP contribution < -0.4 is 4.74 Å². The topological polar surface area (TPSA) is 99.0 Å². The number of benzene rings is 1. The number of piperidine rings is 1. The second-order valence-corrected chi connectivity index (χ2v) is 5.78. The highest BCUT2D eigenvalue weighted by Gasteiger charge is 2.23. The number of nitrogens with zero attached hydrogens (tertiary/aromatic N) is 2. The highest BCUT2D eigenvalue weighted by atomic mass is 16.6. The fourth-order valence-electron chi connectivity index (χ4n) is 2.52. The number of amides is 1. The highest BCUT2D eigenvalue weighted by molar-refractivity contribution is 5.92. The number of nitro benzene ring substituents is 1. The molecule has 8 heteroatoms. The van der Waals surface area contributed by atoms with Crippen LogP contribution in [0.25, 0.3) is 0 Å². The first kappa shape index (κ1) is 17.7.